The summed E-state index contributed by atoms with van der Waals surface area (Å²) in [7, 11) is 0. The Kier molecular flexibility index (Phi) is 5.09. The molecular formula is C24H31NO2. The van der Waals surface area contributed by atoms with E-state index >= 15 is 0 Å². The standard InChI is InChI=1S/C24H31NO2/c1-23(2,3)19-14-18(15-20(22(19)26)24(4,5)6)25-17-11-9-16(10-12-17)21-8-7-13-27-21/h7-12,14-15,21,25-26H,13H2,1-6H3. The number of anilines is 2. The Morgan fingerprint density at radius 1 is 0.889 bits per heavy atom. The lowest BCUT2D eigenvalue weighted by molar-refractivity contribution is 0.129. The molecule has 1 atom stereocenters. The lowest BCUT2D eigenvalue weighted by atomic mass is 9.79. The highest BCUT2D eigenvalue weighted by Crippen LogP contribution is 2.41. The van der Waals surface area contributed by atoms with Crippen molar-refractivity contribution >= 4 is 11.4 Å². The van der Waals surface area contributed by atoms with Crippen LogP contribution in [0.1, 0.15) is 64.3 Å². The fourth-order valence-corrected chi connectivity index (χ4v) is 3.37. The zero-order valence-corrected chi connectivity index (χ0v) is 17.3. The van der Waals surface area contributed by atoms with E-state index in [4.69, 9.17) is 4.74 Å². The predicted molar refractivity (Wildman–Crippen MR) is 113 cm³/mol. The van der Waals surface area contributed by atoms with Crippen molar-refractivity contribution in [2.24, 2.45) is 0 Å². The first kappa shape index (κ1) is 19.5. The maximum Gasteiger partial charge on any atom is 0.123 e. The van der Waals surface area contributed by atoms with Crippen molar-refractivity contribution in [2.45, 2.75) is 58.5 Å². The Balaban J connectivity index is 1.93. The Morgan fingerprint density at radius 2 is 1.44 bits per heavy atom. The predicted octanol–water partition coefficient (Wildman–Crippen LogP) is 6.36. The van der Waals surface area contributed by atoms with Crippen LogP contribution in [0.4, 0.5) is 11.4 Å². The summed E-state index contributed by atoms with van der Waals surface area (Å²) in [4.78, 5) is 0. The van der Waals surface area contributed by atoms with Gasteiger partial charge in [0, 0.05) is 22.5 Å². The van der Waals surface area contributed by atoms with Gasteiger partial charge in [0.25, 0.3) is 0 Å². The first-order valence-corrected chi connectivity index (χ1v) is 9.59. The van der Waals surface area contributed by atoms with Crippen molar-refractivity contribution < 1.29 is 9.84 Å². The Morgan fingerprint density at radius 3 is 1.89 bits per heavy atom. The number of benzene rings is 2. The molecule has 3 heteroatoms. The highest BCUT2D eigenvalue weighted by molar-refractivity contribution is 5.66. The molecule has 0 saturated heterocycles. The number of phenols is 1. The molecule has 1 aliphatic rings. The minimum Gasteiger partial charge on any atom is -0.507 e. The maximum absolute atomic E-state index is 10.9. The van der Waals surface area contributed by atoms with Gasteiger partial charge in [-0.2, -0.15) is 0 Å². The summed E-state index contributed by atoms with van der Waals surface area (Å²) in [6.07, 6.45) is 4.20. The summed E-state index contributed by atoms with van der Waals surface area (Å²) >= 11 is 0. The first-order valence-electron chi connectivity index (χ1n) is 9.59. The molecule has 1 aliphatic heterocycles. The van der Waals surface area contributed by atoms with Crippen LogP contribution in [-0.2, 0) is 15.6 Å². The van der Waals surface area contributed by atoms with Gasteiger partial charge in [-0.1, -0.05) is 65.8 Å². The van der Waals surface area contributed by atoms with Crippen LogP contribution in [0.2, 0.25) is 0 Å². The monoisotopic (exact) mass is 365 g/mol. The number of phenolic OH excluding ortho intramolecular Hbond substituents is 1. The van der Waals surface area contributed by atoms with Gasteiger partial charge >= 0.3 is 0 Å². The topological polar surface area (TPSA) is 41.5 Å². The second kappa shape index (κ2) is 7.05. The molecular weight excluding hydrogens is 334 g/mol. The number of ether oxygens (including phenoxy) is 1. The number of aromatic hydroxyl groups is 1. The third-order valence-electron chi connectivity index (χ3n) is 4.94. The number of hydrogen-bond acceptors (Lipinski definition) is 3. The highest BCUT2D eigenvalue weighted by atomic mass is 16.5. The quantitative estimate of drug-likeness (QED) is 0.491. The summed E-state index contributed by atoms with van der Waals surface area (Å²) in [5, 5.41) is 14.4. The van der Waals surface area contributed by atoms with E-state index < -0.39 is 0 Å². The zero-order valence-electron chi connectivity index (χ0n) is 17.3. The summed E-state index contributed by atoms with van der Waals surface area (Å²) in [6, 6.07) is 12.5. The van der Waals surface area contributed by atoms with Gasteiger partial charge in [0.15, 0.2) is 0 Å². The van der Waals surface area contributed by atoms with E-state index in [2.05, 4.69) is 95.4 Å². The Hall–Kier alpha value is -2.26. The van der Waals surface area contributed by atoms with Crippen LogP contribution < -0.4 is 5.32 Å². The van der Waals surface area contributed by atoms with Crippen molar-refractivity contribution in [3.63, 3.8) is 0 Å². The minimum atomic E-state index is -0.141. The second-order valence-electron chi connectivity index (χ2n) is 9.35. The van der Waals surface area contributed by atoms with Crippen LogP contribution in [-0.4, -0.2) is 11.7 Å². The third-order valence-corrected chi connectivity index (χ3v) is 4.94. The summed E-state index contributed by atoms with van der Waals surface area (Å²) in [6.45, 7) is 13.4. The fraction of sp³-hybridized carbons (Fsp3) is 0.417. The van der Waals surface area contributed by atoms with E-state index in [0.29, 0.717) is 12.4 Å². The molecule has 2 N–H and O–H groups in total. The van der Waals surface area contributed by atoms with E-state index in [-0.39, 0.29) is 16.9 Å². The van der Waals surface area contributed by atoms with E-state index in [9.17, 15) is 5.11 Å². The largest absolute Gasteiger partial charge is 0.507 e. The Labute approximate surface area is 163 Å². The molecule has 0 saturated carbocycles. The van der Waals surface area contributed by atoms with Crippen molar-refractivity contribution in [1.29, 1.82) is 0 Å². The van der Waals surface area contributed by atoms with Crippen molar-refractivity contribution in [2.75, 3.05) is 11.9 Å². The summed E-state index contributed by atoms with van der Waals surface area (Å²) in [5.41, 5.74) is 4.80. The molecule has 0 amide bonds. The van der Waals surface area contributed by atoms with Crippen LogP contribution >= 0.6 is 0 Å². The molecule has 2 aromatic carbocycles. The molecule has 0 radical (unpaired) electrons. The van der Waals surface area contributed by atoms with Crippen LogP contribution in [0.5, 0.6) is 5.75 Å². The van der Waals surface area contributed by atoms with E-state index in [1.165, 1.54) is 0 Å². The van der Waals surface area contributed by atoms with Crippen molar-refractivity contribution in [3.8, 4) is 5.75 Å². The molecule has 3 nitrogen and oxygen atoms in total. The van der Waals surface area contributed by atoms with Gasteiger partial charge in [0.1, 0.15) is 11.9 Å². The molecule has 0 bridgehead atoms. The van der Waals surface area contributed by atoms with Gasteiger partial charge in [-0.15, -0.1) is 0 Å². The Bertz CT molecular complexity index is 801. The molecule has 27 heavy (non-hydrogen) atoms. The number of hydrogen-bond donors (Lipinski definition) is 2. The SMILES string of the molecule is CC(C)(C)c1cc(Nc2ccc(C3C=CCO3)cc2)cc(C(C)(C)C)c1O. The molecule has 0 fully saturated rings. The lowest BCUT2D eigenvalue weighted by Crippen LogP contribution is -2.17. The van der Waals surface area contributed by atoms with Gasteiger partial charge in [-0.25, -0.2) is 0 Å². The normalized spacial score (nSPS) is 17.3. The zero-order chi connectivity index (χ0) is 19.8. The van der Waals surface area contributed by atoms with Gasteiger partial charge < -0.3 is 15.2 Å². The van der Waals surface area contributed by atoms with E-state index in [0.717, 1.165) is 28.1 Å². The van der Waals surface area contributed by atoms with Gasteiger partial charge in [0.05, 0.1) is 6.61 Å². The maximum atomic E-state index is 10.9. The molecule has 0 spiro atoms. The molecule has 3 rings (SSSR count). The minimum absolute atomic E-state index is 0.0627. The molecule has 0 aromatic heterocycles. The molecule has 1 unspecified atom stereocenters. The average molecular weight is 366 g/mol. The van der Waals surface area contributed by atoms with Crippen LogP contribution in [0.15, 0.2) is 48.6 Å². The molecule has 1 heterocycles. The summed E-state index contributed by atoms with van der Waals surface area (Å²) in [5.74, 6) is 0.404. The van der Waals surface area contributed by atoms with Crippen LogP contribution in [0.3, 0.4) is 0 Å². The van der Waals surface area contributed by atoms with Gasteiger partial charge in [-0.05, 0) is 40.7 Å². The van der Waals surface area contributed by atoms with Crippen molar-refractivity contribution in [1.82, 2.24) is 0 Å². The van der Waals surface area contributed by atoms with Gasteiger partial charge in [0.2, 0.25) is 0 Å². The first-order chi connectivity index (χ1) is 12.6. The smallest absolute Gasteiger partial charge is 0.123 e. The molecule has 2 aromatic rings. The second-order valence-corrected chi connectivity index (χ2v) is 9.35. The number of rotatable bonds is 3. The van der Waals surface area contributed by atoms with E-state index in [1.807, 2.05) is 0 Å². The lowest BCUT2D eigenvalue weighted by Gasteiger charge is -2.28. The number of nitrogens with one attached hydrogen (secondary N) is 1. The highest BCUT2D eigenvalue weighted by Gasteiger charge is 2.26. The third kappa shape index (κ3) is 4.36. The van der Waals surface area contributed by atoms with Crippen LogP contribution in [0.25, 0.3) is 0 Å². The fourth-order valence-electron chi connectivity index (χ4n) is 3.37. The van der Waals surface area contributed by atoms with Gasteiger partial charge in [-0.3, -0.25) is 0 Å². The summed E-state index contributed by atoms with van der Waals surface area (Å²) < 4.78 is 5.66. The van der Waals surface area contributed by atoms with E-state index in [1.54, 1.807) is 0 Å². The molecule has 144 valence electrons. The molecule has 0 aliphatic carbocycles. The average Bonchev–Trinajstić information content (AvgIpc) is 3.09. The van der Waals surface area contributed by atoms with Crippen molar-refractivity contribution in [3.05, 3.63) is 65.2 Å². The van der Waals surface area contributed by atoms with Crippen LogP contribution in [0, 0.1) is 0 Å².